The molecule has 0 aromatic heterocycles. The average Bonchev–Trinajstić information content (AvgIpc) is 2.76. The van der Waals surface area contributed by atoms with Crippen molar-refractivity contribution in [2.75, 3.05) is 18.0 Å². The Morgan fingerprint density at radius 3 is 3.06 bits per heavy atom. The number of anilines is 1. The van der Waals surface area contributed by atoms with Gasteiger partial charge >= 0.3 is 0 Å². The van der Waals surface area contributed by atoms with E-state index in [2.05, 4.69) is 32.2 Å². The van der Waals surface area contributed by atoms with Gasteiger partial charge in [0, 0.05) is 48.3 Å². The molecule has 0 saturated carbocycles. The highest BCUT2D eigenvalue weighted by molar-refractivity contribution is 9.10. The second-order valence-corrected chi connectivity index (χ2v) is 5.43. The predicted octanol–water partition coefficient (Wildman–Crippen LogP) is 1.62. The molecule has 5 heteroatoms. The quantitative estimate of drug-likeness (QED) is 0.892. The maximum absolute atomic E-state index is 11.1. The molecule has 1 saturated heterocycles. The Morgan fingerprint density at radius 2 is 2.39 bits per heavy atom. The van der Waals surface area contributed by atoms with E-state index in [4.69, 9.17) is 5.73 Å². The van der Waals surface area contributed by atoms with Gasteiger partial charge in [-0.15, -0.1) is 0 Å². The fraction of sp³-hybridized carbons (Fsp3) is 0.462. The summed E-state index contributed by atoms with van der Waals surface area (Å²) in [5.74, 6) is 0.0372. The zero-order valence-electron chi connectivity index (χ0n) is 10.4. The molecule has 0 aliphatic carbocycles. The first-order valence-electron chi connectivity index (χ1n) is 6.11. The van der Waals surface area contributed by atoms with E-state index in [0.29, 0.717) is 6.54 Å². The minimum Gasteiger partial charge on any atom is -0.369 e. The third kappa shape index (κ3) is 2.84. The molecule has 1 aliphatic heterocycles. The van der Waals surface area contributed by atoms with Gasteiger partial charge in [0.15, 0.2) is 0 Å². The Hall–Kier alpha value is -1.07. The summed E-state index contributed by atoms with van der Waals surface area (Å²) < 4.78 is 1.05. The van der Waals surface area contributed by atoms with Gasteiger partial charge in [0.25, 0.3) is 0 Å². The van der Waals surface area contributed by atoms with E-state index in [-0.39, 0.29) is 11.9 Å². The molecule has 0 bridgehead atoms. The van der Waals surface area contributed by atoms with Crippen molar-refractivity contribution in [2.45, 2.75) is 25.9 Å². The molecule has 3 N–H and O–H groups in total. The number of hydrogen-bond acceptors (Lipinski definition) is 3. The van der Waals surface area contributed by atoms with Crippen molar-refractivity contribution < 1.29 is 4.79 Å². The lowest BCUT2D eigenvalue weighted by Gasteiger charge is -2.22. The molecule has 98 valence electrons. The third-order valence-electron chi connectivity index (χ3n) is 3.23. The van der Waals surface area contributed by atoms with Crippen molar-refractivity contribution in [1.29, 1.82) is 0 Å². The summed E-state index contributed by atoms with van der Waals surface area (Å²) in [7, 11) is 0. The minimum absolute atomic E-state index is 0.0372. The van der Waals surface area contributed by atoms with Gasteiger partial charge in [0.1, 0.15) is 0 Å². The number of hydrogen-bond donors (Lipinski definition) is 2. The largest absolute Gasteiger partial charge is 0.369 e. The summed E-state index contributed by atoms with van der Waals surface area (Å²) in [6.07, 6.45) is 0.982. The molecule has 0 radical (unpaired) electrons. The molecule has 1 unspecified atom stereocenters. The van der Waals surface area contributed by atoms with E-state index in [0.717, 1.165) is 29.5 Å². The molecule has 4 nitrogen and oxygen atoms in total. The van der Waals surface area contributed by atoms with Crippen LogP contribution in [0, 0.1) is 0 Å². The number of nitrogens with one attached hydrogen (secondary N) is 1. The first kappa shape index (κ1) is 13.4. The summed E-state index contributed by atoms with van der Waals surface area (Å²) in [4.78, 5) is 13.3. The zero-order chi connectivity index (χ0) is 13.1. The molecule has 1 aromatic carbocycles. The van der Waals surface area contributed by atoms with Crippen LogP contribution >= 0.6 is 15.9 Å². The Kier molecular flexibility index (Phi) is 4.24. The number of carbonyl (C=O) groups excluding carboxylic acids is 1. The van der Waals surface area contributed by atoms with Crippen LogP contribution in [-0.4, -0.2) is 25.0 Å². The molecule has 1 aromatic rings. The zero-order valence-corrected chi connectivity index (χ0v) is 12.0. The van der Waals surface area contributed by atoms with Crippen molar-refractivity contribution in [2.24, 2.45) is 5.73 Å². The summed E-state index contributed by atoms with van der Waals surface area (Å²) in [5, 5.41) is 2.97. The van der Waals surface area contributed by atoms with Gasteiger partial charge in [0.05, 0.1) is 0 Å². The van der Waals surface area contributed by atoms with Gasteiger partial charge in [-0.1, -0.05) is 22.0 Å². The van der Waals surface area contributed by atoms with E-state index < -0.39 is 0 Å². The highest BCUT2D eigenvalue weighted by Gasteiger charge is 2.24. The highest BCUT2D eigenvalue weighted by Crippen LogP contribution is 2.29. The van der Waals surface area contributed by atoms with E-state index >= 15 is 0 Å². The molecule has 1 fully saturated rings. The number of halogens is 1. The van der Waals surface area contributed by atoms with Crippen LogP contribution in [0.5, 0.6) is 0 Å². The minimum atomic E-state index is 0.0372. The van der Waals surface area contributed by atoms with Gasteiger partial charge < -0.3 is 16.0 Å². The Morgan fingerprint density at radius 1 is 1.61 bits per heavy atom. The van der Waals surface area contributed by atoms with Crippen LogP contribution < -0.4 is 16.0 Å². The summed E-state index contributed by atoms with van der Waals surface area (Å²) in [6, 6.07) is 6.35. The van der Waals surface area contributed by atoms with Crippen LogP contribution in [0.1, 0.15) is 18.9 Å². The molecule has 18 heavy (non-hydrogen) atoms. The first-order valence-corrected chi connectivity index (χ1v) is 6.90. The molecule has 1 heterocycles. The van der Waals surface area contributed by atoms with Gasteiger partial charge in [-0.3, -0.25) is 4.79 Å². The Bertz CT molecular complexity index is 450. The molecular formula is C13H18BrN3O. The number of amides is 1. The van der Waals surface area contributed by atoms with E-state index in [1.54, 1.807) is 6.92 Å². The Balaban J connectivity index is 2.14. The predicted molar refractivity (Wildman–Crippen MR) is 76.5 cm³/mol. The van der Waals surface area contributed by atoms with Crippen LogP contribution in [0.25, 0.3) is 0 Å². The van der Waals surface area contributed by atoms with Crippen LogP contribution in [0.4, 0.5) is 5.69 Å². The van der Waals surface area contributed by atoms with E-state index in [1.165, 1.54) is 5.69 Å². The standard InChI is InChI=1S/C13H18BrN3O/c1-9(18)16-10-5-6-17(8-10)13-4-2-3-12(14)11(13)7-15/h2-4,10H,5-8,15H2,1H3,(H,16,18). The van der Waals surface area contributed by atoms with Crippen molar-refractivity contribution in [3.63, 3.8) is 0 Å². The van der Waals surface area contributed by atoms with Crippen molar-refractivity contribution >= 4 is 27.5 Å². The van der Waals surface area contributed by atoms with Gasteiger partial charge in [-0.25, -0.2) is 0 Å². The number of rotatable bonds is 3. The molecule has 0 spiro atoms. The van der Waals surface area contributed by atoms with Crippen LogP contribution in [0.2, 0.25) is 0 Å². The molecule has 1 atom stereocenters. The number of nitrogens with zero attached hydrogens (tertiary/aromatic N) is 1. The van der Waals surface area contributed by atoms with Crippen molar-refractivity contribution in [3.8, 4) is 0 Å². The Labute approximate surface area is 116 Å². The van der Waals surface area contributed by atoms with Gasteiger partial charge in [0.2, 0.25) is 5.91 Å². The second-order valence-electron chi connectivity index (χ2n) is 4.57. The number of benzene rings is 1. The van der Waals surface area contributed by atoms with E-state index in [9.17, 15) is 4.79 Å². The number of carbonyl (C=O) groups is 1. The molecule has 1 amide bonds. The van der Waals surface area contributed by atoms with Crippen molar-refractivity contribution in [3.05, 3.63) is 28.2 Å². The normalized spacial score (nSPS) is 19.1. The fourth-order valence-electron chi connectivity index (χ4n) is 2.43. The summed E-state index contributed by atoms with van der Waals surface area (Å²) in [5.41, 5.74) is 8.10. The number of nitrogens with two attached hydrogens (primary N) is 1. The van der Waals surface area contributed by atoms with E-state index in [1.807, 2.05) is 12.1 Å². The molecule has 2 rings (SSSR count). The monoisotopic (exact) mass is 311 g/mol. The maximum atomic E-state index is 11.1. The molecule has 1 aliphatic rings. The van der Waals surface area contributed by atoms with Crippen LogP contribution in [-0.2, 0) is 11.3 Å². The summed E-state index contributed by atoms with van der Waals surface area (Å²) in [6.45, 7) is 3.88. The highest BCUT2D eigenvalue weighted by atomic mass is 79.9. The third-order valence-corrected chi connectivity index (χ3v) is 3.98. The topological polar surface area (TPSA) is 58.4 Å². The van der Waals surface area contributed by atoms with Gasteiger partial charge in [-0.05, 0) is 18.6 Å². The van der Waals surface area contributed by atoms with Crippen LogP contribution in [0.15, 0.2) is 22.7 Å². The smallest absolute Gasteiger partial charge is 0.217 e. The average molecular weight is 312 g/mol. The van der Waals surface area contributed by atoms with Crippen LogP contribution in [0.3, 0.4) is 0 Å². The lowest BCUT2D eigenvalue weighted by atomic mass is 10.1. The lowest BCUT2D eigenvalue weighted by molar-refractivity contribution is -0.119. The maximum Gasteiger partial charge on any atom is 0.217 e. The summed E-state index contributed by atoms with van der Waals surface area (Å²) >= 11 is 3.53. The second kappa shape index (κ2) is 5.71. The first-order chi connectivity index (χ1) is 8.61. The fourth-order valence-corrected chi connectivity index (χ4v) is 2.95. The lowest BCUT2D eigenvalue weighted by Crippen LogP contribution is -2.35. The molecular weight excluding hydrogens is 294 g/mol. The SMILES string of the molecule is CC(=O)NC1CCN(c2cccc(Br)c2CN)C1. The van der Waals surface area contributed by atoms with Crippen molar-refractivity contribution in [1.82, 2.24) is 5.32 Å². The van der Waals surface area contributed by atoms with Gasteiger partial charge in [-0.2, -0.15) is 0 Å².